The van der Waals surface area contributed by atoms with Crippen molar-refractivity contribution in [1.82, 2.24) is 0 Å². The lowest BCUT2D eigenvalue weighted by atomic mass is 9.98. The molecule has 0 heterocycles. The number of carbonyl (C=O) groups is 1. The van der Waals surface area contributed by atoms with Gasteiger partial charge >= 0.3 is 0 Å². The molecule has 15 heavy (non-hydrogen) atoms. The Morgan fingerprint density at radius 3 is 2.67 bits per heavy atom. The molecular weight excluding hydrogens is 190 g/mol. The van der Waals surface area contributed by atoms with Crippen molar-refractivity contribution in [3.05, 3.63) is 34.9 Å². The number of aliphatic hydroxyl groups is 1. The maximum Gasteiger partial charge on any atom is 0.217 e. The molecule has 0 bridgehead atoms. The molecule has 0 aliphatic carbocycles. The van der Waals surface area contributed by atoms with Crippen LogP contribution in [0.25, 0.3) is 0 Å². The SMILES string of the molecule is Cc1ccc(C(O)CCC(N)=O)c(C)c1. The van der Waals surface area contributed by atoms with Crippen LogP contribution in [0.15, 0.2) is 18.2 Å². The van der Waals surface area contributed by atoms with E-state index in [1.807, 2.05) is 32.0 Å². The van der Waals surface area contributed by atoms with Gasteiger partial charge in [0, 0.05) is 6.42 Å². The predicted octanol–water partition coefficient (Wildman–Crippen LogP) is 1.60. The first-order chi connectivity index (χ1) is 7.00. The van der Waals surface area contributed by atoms with Crippen molar-refractivity contribution in [1.29, 1.82) is 0 Å². The van der Waals surface area contributed by atoms with Crippen LogP contribution < -0.4 is 5.73 Å². The molecule has 1 aromatic carbocycles. The van der Waals surface area contributed by atoms with Crippen LogP contribution in [0.3, 0.4) is 0 Å². The fourth-order valence-electron chi connectivity index (χ4n) is 1.63. The second-order valence-electron chi connectivity index (χ2n) is 3.88. The highest BCUT2D eigenvalue weighted by Gasteiger charge is 2.11. The van der Waals surface area contributed by atoms with Crippen LogP contribution in [0.4, 0.5) is 0 Å². The number of carbonyl (C=O) groups excluding carboxylic acids is 1. The van der Waals surface area contributed by atoms with Gasteiger partial charge in [-0.05, 0) is 31.4 Å². The highest BCUT2D eigenvalue weighted by Crippen LogP contribution is 2.22. The van der Waals surface area contributed by atoms with Gasteiger partial charge in [0.25, 0.3) is 0 Å². The van der Waals surface area contributed by atoms with Gasteiger partial charge in [-0.25, -0.2) is 0 Å². The quantitative estimate of drug-likeness (QED) is 0.787. The van der Waals surface area contributed by atoms with Crippen LogP contribution in [0.5, 0.6) is 0 Å². The Morgan fingerprint density at radius 1 is 1.47 bits per heavy atom. The van der Waals surface area contributed by atoms with Crippen molar-refractivity contribution in [2.75, 3.05) is 0 Å². The van der Waals surface area contributed by atoms with Gasteiger partial charge in [-0.15, -0.1) is 0 Å². The zero-order chi connectivity index (χ0) is 11.4. The Bertz CT molecular complexity index is 361. The van der Waals surface area contributed by atoms with Crippen molar-refractivity contribution < 1.29 is 9.90 Å². The minimum Gasteiger partial charge on any atom is -0.388 e. The van der Waals surface area contributed by atoms with E-state index < -0.39 is 6.10 Å². The Morgan fingerprint density at radius 2 is 2.13 bits per heavy atom. The lowest BCUT2D eigenvalue weighted by Crippen LogP contribution is -2.12. The standard InChI is InChI=1S/C12H17NO2/c1-8-3-4-10(9(2)7-8)11(14)5-6-12(13)15/h3-4,7,11,14H,5-6H2,1-2H3,(H2,13,15). The van der Waals surface area contributed by atoms with Gasteiger partial charge in [0.1, 0.15) is 0 Å². The van der Waals surface area contributed by atoms with Gasteiger partial charge in [0.05, 0.1) is 6.10 Å². The van der Waals surface area contributed by atoms with E-state index in [1.54, 1.807) is 0 Å². The van der Waals surface area contributed by atoms with Crippen molar-refractivity contribution in [2.24, 2.45) is 5.73 Å². The molecule has 0 radical (unpaired) electrons. The lowest BCUT2D eigenvalue weighted by Gasteiger charge is -2.13. The van der Waals surface area contributed by atoms with Crippen LogP contribution in [-0.2, 0) is 4.79 Å². The van der Waals surface area contributed by atoms with Gasteiger partial charge in [-0.3, -0.25) is 4.79 Å². The second kappa shape index (κ2) is 4.94. The van der Waals surface area contributed by atoms with E-state index in [0.29, 0.717) is 6.42 Å². The monoisotopic (exact) mass is 207 g/mol. The summed E-state index contributed by atoms with van der Waals surface area (Å²) in [6.45, 7) is 3.96. The molecule has 0 fully saturated rings. The Hall–Kier alpha value is -1.35. The third kappa shape index (κ3) is 3.36. The van der Waals surface area contributed by atoms with Crippen LogP contribution in [-0.4, -0.2) is 11.0 Å². The number of amides is 1. The van der Waals surface area contributed by atoms with E-state index in [9.17, 15) is 9.90 Å². The summed E-state index contributed by atoms with van der Waals surface area (Å²) in [5.74, 6) is -0.376. The first-order valence-electron chi connectivity index (χ1n) is 5.04. The number of aliphatic hydroxyl groups excluding tert-OH is 1. The Labute approximate surface area is 89.9 Å². The van der Waals surface area contributed by atoms with E-state index in [2.05, 4.69) is 0 Å². The number of hydrogen-bond acceptors (Lipinski definition) is 2. The molecule has 0 saturated carbocycles. The molecule has 1 amide bonds. The molecule has 0 saturated heterocycles. The third-order valence-corrected chi connectivity index (χ3v) is 2.45. The van der Waals surface area contributed by atoms with Gasteiger partial charge in [-0.2, -0.15) is 0 Å². The average Bonchev–Trinajstić information content (AvgIpc) is 2.14. The largest absolute Gasteiger partial charge is 0.388 e. The number of hydrogen-bond donors (Lipinski definition) is 2. The second-order valence-corrected chi connectivity index (χ2v) is 3.88. The Kier molecular flexibility index (Phi) is 3.86. The Balaban J connectivity index is 2.73. The summed E-state index contributed by atoms with van der Waals surface area (Å²) in [7, 11) is 0. The maximum atomic E-state index is 10.6. The fourth-order valence-corrected chi connectivity index (χ4v) is 1.63. The number of rotatable bonds is 4. The molecule has 1 aromatic rings. The van der Waals surface area contributed by atoms with Crippen molar-refractivity contribution in [2.45, 2.75) is 32.8 Å². The van der Waals surface area contributed by atoms with E-state index in [-0.39, 0.29) is 12.3 Å². The summed E-state index contributed by atoms with van der Waals surface area (Å²) < 4.78 is 0. The molecule has 3 nitrogen and oxygen atoms in total. The molecule has 82 valence electrons. The van der Waals surface area contributed by atoms with Gasteiger partial charge in [0.15, 0.2) is 0 Å². The van der Waals surface area contributed by atoms with E-state index in [4.69, 9.17) is 5.73 Å². The van der Waals surface area contributed by atoms with Crippen molar-refractivity contribution in [3.8, 4) is 0 Å². The number of primary amides is 1. The summed E-state index contributed by atoms with van der Waals surface area (Å²) >= 11 is 0. The summed E-state index contributed by atoms with van der Waals surface area (Å²) in [5, 5.41) is 9.83. The molecule has 0 aliphatic heterocycles. The van der Waals surface area contributed by atoms with Crippen molar-refractivity contribution in [3.63, 3.8) is 0 Å². The molecule has 0 spiro atoms. The summed E-state index contributed by atoms with van der Waals surface area (Å²) in [5.41, 5.74) is 8.12. The maximum absolute atomic E-state index is 10.6. The van der Waals surface area contributed by atoms with E-state index >= 15 is 0 Å². The zero-order valence-corrected chi connectivity index (χ0v) is 9.16. The fraction of sp³-hybridized carbons (Fsp3) is 0.417. The van der Waals surface area contributed by atoms with Gasteiger partial charge in [0.2, 0.25) is 5.91 Å². The molecule has 3 N–H and O–H groups in total. The predicted molar refractivity (Wildman–Crippen MR) is 59.3 cm³/mol. The number of nitrogens with two attached hydrogens (primary N) is 1. The normalized spacial score (nSPS) is 12.5. The van der Waals surface area contributed by atoms with E-state index in [1.165, 1.54) is 5.56 Å². The third-order valence-electron chi connectivity index (χ3n) is 2.45. The van der Waals surface area contributed by atoms with Crippen LogP contribution in [0, 0.1) is 13.8 Å². The first-order valence-corrected chi connectivity index (χ1v) is 5.04. The van der Waals surface area contributed by atoms with Crippen LogP contribution in [0.1, 0.15) is 35.6 Å². The molecular formula is C12H17NO2. The summed E-state index contributed by atoms with van der Waals surface area (Å²) in [4.78, 5) is 10.6. The van der Waals surface area contributed by atoms with Gasteiger partial charge in [-0.1, -0.05) is 23.8 Å². The van der Waals surface area contributed by atoms with E-state index in [0.717, 1.165) is 11.1 Å². The highest BCUT2D eigenvalue weighted by molar-refractivity contribution is 5.73. The topological polar surface area (TPSA) is 63.3 Å². The molecule has 0 aliphatic rings. The molecule has 1 rings (SSSR count). The molecule has 0 aromatic heterocycles. The average molecular weight is 207 g/mol. The lowest BCUT2D eigenvalue weighted by molar-refractivity contribution is -0.118. The number of aryl methyl sites for hydroxylation is 2. The highest BCUT2D eigenvalue weighted by atomic mass is 16.3. The number of benzene rings is 1. The molecule has 3 heteroatoms. The zero-order valence-electron chi connectivity index (χ0n) is 9.16. The molecule has 1 unspecified atom stereocenters. The van der Waals surface area contributed by atoms with Crippen molar-refractivity contribution >= 4 is 5.91 Å². The smallest absolute Gasteiger partial charge is 0.217 e. The summed E-state index contributed by atoms with van der Waals surface area (Å²) in [6, 6.07) is 5.87. The minimum absolute atomic E-state index is 0.217. The minimum atomic E-state index is -0.599. The first kappa shape index (κ1) is 11.7. The van der Waals surface area contributed by atoms with Crippen LogP contribution >= 0.6 is 0 Å². The van der Waals surface area contributed by atoms with Gasteiger partial charge < -0.3 is 10.8 Å². The summed E-state index contributed by atoms with van der Waals surface area (Å²) in [6.07, 6.45) is 0.00590. The van der Waals surface area contributed by atoms with Crippen LogP contribution in [0.2, 0.25) is 0 Å². The molecule has 1 atom stereocenters.